The molecule has 6 heteroatoms. The Kier molecular flexibility index (Phi) is 6.92. The van der Waals surface area contributed by atoms with E-state index in [1.54, 1.807) is 68.6 Å². The maximum absolute atomic E-state index is 11.7. The zero-order valence-corrected chi connectivity index (χ0v) is 17.7. The number of ether oxygens (including phenoxy) is 3. The molecule has 3 aromatic carbocycles. The SMILES string of the molecule is COc1ccc(C(C)=O)cc1COc1cccc(OCc2cccc(C)c2C(=O)O)c1. The molecule has 3 rings (SSSR count). The van der Waals surface area contributed by atoms with Gasteiger partial charge in [-0.1, -0.05) is 24.3 Å². The number of carbonyl (C=O) groups is 2. The van der Waals surface area contributed by atoms with E-state index in [1.165, 1.54) is 6.92 Å². The van der Waals surface area contributed by atoms with Gasteiger partial charge in [0.25, 0.3) is 0 Å². The van der Waals surface area contributed by atoms with Gasteiger partial charge < -0.3 is 19.3 Å². The van der Waals surface area contributed by atoms with Crippen LogP contribution in [0.2, 0.25) is 0 Å². The number of carbonyl (C=O) groups excluding carboxylic acids is 1. The van der Waals surface area contributed by atoms with Crippen LogP contribution in [0.1, 0.15) is 44.3 Å². The Labute approximate surface area is 181 Å². The van der Waals surface area contributed by atoms with Crippen LogP contribution in [0.15, 0.2) is 60.7 Å². The minimum atomic E-state index is -0.976. The summed E-state index contributed by atoms with van der Waals surface area (Å²) in [5.74, 6) is 0.764. The van der Waals surface area contributed by atoms with E-state index in [1.807, 2.05) is 6.07 Å². The van der Waals surface area contributed by atoms with Crippen LogP contribution in [0.4, 0.5) is 0 Å². The van der Waals surface area contributed by atoms with E-state index in [4.69, 9.17) is 14.2 Å². The molecule has 0 aromatic heterocycles. The Hall–Kier alpha value is -3.80. The number of rotatable bonds is 9. The van der Waals surface area contributed by atoms with Crippen LogP contribution >= 0.6 is 0 Å². The quantitative estimate of drug-likeness (QED) is 0.487. The Bertz CT molecular complexity index is 1100. The maximum atomic E-state index is 11.7. The zero-order chi connectivity index (χ0) is 22.4. The van der Waals surface area contributed by atoms with Gasteiger partial charge in [0, 0.05) is 22.8 Å². The summed E-state index contributed by atoms with van der Waals surface area (Å²) in [6.45, 7) is 3.62. The first-order valence-corrected chi connectivity index (χ1v) is 9.74. The lowest BCUT2D eigenvalue weighted by atomic mass is 10.0. The van der Waals surface area contributed by atoms with E-state index in [0.717, 1.165) is 5.56 Å². The Morgan fingerprint density at radius 1 is 0.871 bits per heavy atom. The average molecular weight is 420 g/mol. The van der Waals surface area contributed by atoms with Crippen LogP contribution in [0.3, 0.4) is 0 Å². The lowest BCUT2D eigenvalue weighted by molar-refractivity contribution is 0.0693. The summed E-state index contributed by atoms with van der Waals surface area (Å²) in [5.41, 5.74) is 2.89. The fourth-order valence-electron chi connectivity index (χ4n) is 3.24. The summed E-state index contributed by atoms with van der Waals surface area (Å²) >= 11 is 0. The molecule has 0 bridgehead atoms. The standard InChI is InChI=1S/C25H24O6/c1-16-6-4-7-19(24(16)25(27)28)14-30-21-8-5-9-22(13-21)31-15-20-12-18(17(2)26)10-11-23(20)29-3/h4-13H,14-15H2,1-3H3,(H,27,28). The molecule has 0 heterocycles. The van der Waals surface area contributed by atoms with Crippen LogP contribution < -0.4 is 14.2 Å². The molecule has 0 radical (unpaired) electrons. The van der Waals surface area contributed by atoms with Gasteiger partial charge in [0.2, 0.25) is 0 Å². The maximum Gasteiger partial charge on any atom is 0.336 e. The third kappa shape index (κ3) is 5.42. The molecule has 6 nitrogen and oxygen atoms in total. The van der Waals surface area contributed by atoms with Crippen molar-refractivity contribution in [3.63, 3.8) is 0 Å². The van der Waals surface area contributed by atoms with Crippen molar-refractivity contribution < 1.29 is 28.9 Å². The zero-order valence-electron chi connectivity index (χ0n) is 17.7. The van der Waals surface area contributed by atoms with Crippen LogP contribution in [0.25, 0.3) is 0 Å². The molecule has 0 aliphatic carbocycles. The van der Waals surface area contributed by atoms with Gasteiger partial charge in [-0.2, -0.15) is 0 Å². The Morgan fingerprint density at radius 2 is 1.52 bits per heavy atom. The van der Waals surface area contributed by atoms with Crippen LogP contribution in [0, 0.1) is 6.92 Å². The number of carboxylic acid groups (broad SMARTS) is 1. The van der Waals surface area contributed by atoms with Crippen molar-refractivity contribution in [2.45, 2.75) is 27.1 Å². The molecule has 0 atom stereocenters. The number of aromatic carboxylic acids is 1. The molecule has 0 amide bonds. The Morgan fingerprint density at radius 3 is 2.13 bits per heavy atom. The number of ketones is 1. The summed E-state index contributed by atoms with van der Waals surface area (Å²) < 4.78 is 17.0. The second kappa shape index (κ2) is 9.80. The van der Waals surface area contributed by atoms with Crippen molar-refractivity contribution in [1.82, 2.24) is 0 Å². The molecule has 0 spiro atoms. The van der Waals surface area contributed by atoms with Crippen molar-refractivity contribution in [2.75, 3.05) is 7.11 Å². The summed E-state index contributed by atoms with van der Waals surface area (Å²) in [4.78, 5) is 23.2. The highest BCUT2D eigenvalue weighted by Gasteiger charge is 2.13. The number of methoxy groups -OCH3 is 1. The molecule has 0 aliphatic rings. The van der Waals surface area contributed by atoms with Gasteiger partial charge in [-0.05, 0) is 49.7 Å². The van der Waals surface area contributed by atoms with Gasteiger partial charge in [-0.3, -0.25) is 4.79 Å². The fraction of sp³-hybridized carbons (Fsp3) is 0.200. The number of hydrogen-bond donors (Lipinski definition) is 1. The summed E-state index contributed by atoms with van der Waals surface area (Å²) in [7, 11) is 1.57. The molecule has 1 N–H and O–H groups in total. The van der Waals surface area contributed by atoms with Gasteiger partial charge in [-0.25, -0.2) is 4.79 Å². The molecule has 0 fully saturated rings. The highest BCUT2D eigenvalue weighted by molar-refractivity contribution is 5.94. The largest absolute Gasteiger partial charge is 0.496 e. The predicted molar refractivity (Wildman–Crippen MR) is 116 cm³/mol. The molecule has 3 aromatic rings. The van der Waals surface area contributed by atoms with Gasteiger partial charge >= 0.3 is 5.97 Å². The van der Waals surface area contributed by atoms with E-state index in [-0.39, 0.29) is 24.6 Å². The van der Waals surface area contributed by atoms with E-state index in [9.17, 15) is 14.7 Å². The number of benzene rings is 3. The van der Waals surface area contributed by atoms with Crippen molar-refractivity contribution in [1.29, 1.82) is 0 Å². The van der Waals surface area contributed by atoms with Gasteiger partial charge in [0.15, 0.2) is 5.78 Å². The average Bonchev–Trinajstić information content (AvgIpc) is 2.76. The lowest BCUT2D eigenvalue weighted by Gasteiger charge is -2.13. The van der Waals surface area contributed by atoms with Crippen molar-refractivity contribution >= 4 is 11.8 Å². The van der Waals surface area contributed by atoms with Gasteiger partial charge in [-0.15, -0.1) is 0 Å². The highest BCUT2D eigenvalue weighted by Crippen LogP contribution is 2.25. The van der Waals surface area contributed by atoms with E-state index < -0.39 is 5.97 Å². The van der Waals surface area contributed by atoms with Crippen LogP contribution in [-0.4, -0.2) is 24.0 Å². The summed E-state index contributed by atoms with van der Waals surface area (Å²) in [6.07, 6.45) is 0. The molecule has 31 heavy (non-hydrogen) atoms. The third-order valence-electron chi connectivity index (χ3n) is 4.85. The second-order valence-electron chi connectivity index (χ2n) is 7.05. The smallest absolute Gasteiger partial charge is 0.336 e. The van der Waals surface area contributed by atoms with Crippen LogP contribution in [-0.2, 0) is 13.2 Å². The predicted octanol–water partition coefficient (Wildman–Crippen LogP) is 5.06. The molecule has 160 valence electrons. The van der Waals surface area contributed by atoms with Crippen molar-refractivity contribution in [3.05, 3.63) is 88.5 Å². The van der Waals surface area contributed by atoms with E-state index in [0.29, 0.717) is 33.9 Å². The number of carboxylic acids is 1. The number of Topliss-reactive ketones (excluding diaryl/α,β-unsaturated/α-hetero) is 1. The monoisotopic (exact) mass is 420 g/mol. The van der Waals surface area contributed by atoms with Crippen molar-refractivity contribution in [3.8, 4) is 17.2 Å². The fourth-order valence-corrected chi connectivity index (χ4v) is 3.24. The topological polar surface area (TPSA) is 82.1 Å². The molecule has 0 aliphatic heterocycles. The summed E-state index contributed by atoms with van der Waals surface area (Å²) in [5, 5.41) is 9.46. The lowest BCUT2D eigenvalue weighted by Crippen LogP contribution is -2.08. The first-order valence-electron chi connectivity index (χ1n) is 9.74. The third-order valence-corrected chi connectivity index (χ3v) is 4.85. The van der Waals surface area contributed by atoms with Gasteiger partial charge in [0.05, 0.1) is 12.7 Å². The first kappa shape index (κ1) is 21.9. The minimum absolute atomic E-state index is 0.0313. The summed E-state index contributed by atoms with van der Waals surface area (Å²) in [6, 6.07) is 17.6. The molecule has 0 saturated carbocycles. The first-order chi connectivity index (χ1) is 14.9. The Balaban J connectivity index is 1.71. The van der Waals surface area contributed by atoms with Crippen LogP contribution in [0.5, 0.6) is 17.2 Å². The highest BCUT2D eigenvalue weighted by atomic mass is 16.5. The minimum Gasteiger partial charge on any atom is -0.496 e. The molecule has 0 unspecified atom stereocenters. The normalized spacial score (nSPS) is 10.4. The van der Waals surface area contributed by atoms with Crippen molar-refractivity contribution in [2.24, 2.45) is 0 Å². The molecule has 0 saturated heterocycles. The van der Waals surface area contributed by atoms with E-state index in [2.05, 4.69) is 0 Å². The number of aryl methyl sites for hydroxylation is 1. The molecular weight excluding hydrogens is 396 g/mol. The molecular formula is C25H24O6. The van der Waals surface area contributed by atoms with Gasteiger partial charge in [0.1, 0.15) is 30.5 Å². The van der Waals surface area contributed by atoms with E-state index >= 15 is 0 Å². The second-order valence-corrected chi connectivity index (χ2v) is 7.05. The number of hydrogen-bond acceptors (Lipinski definition) is 5.